The first-order valence-electron chi connectivity index (χ1n) is 8.62. The number of benzene rings is 3. The van der Waals surface area contributed by atoms with E-state index >= 15 is 0 Å². The number of para-hydroxylation sites is 1. The Bertz CT molecular complexity index is 972. The van der Waals surface area contributed by atoms with Crippen molar-refractivity contribution in [3.63, 3.8) is 0 Å². The average molecular weight is 378 g/mol. The summed E-state index contributed by atoms with van der Waals surface area (Å²) in [7, 11) is 0. The summed E-state index contributed by atoms with van der Waals surface area (Å²) in [4.78, 5) is 23.2. The maximum Gasteiger partial charge on any atom is 0.296 e. The van der Waals surface area contributed by atoms with Crippen molar-refractivity contribution in [3.05, 3.63) is 88.5 Å². The fraction of sp³-hybridized carbons (Fsp3) is 0.0952. The third kappa shape index (κ3) is 4.64. The fourth-order valence-corrected chi connectivity index (χ4v) is 2.52. The molecule has 1 amide bonds. The van der Waals surface area contributed by atoms with Crippen LogP contribution in [0.4, 0.5) is 11.4 Å². The van der Waals surface area contributed by atoms with Gasteiger partial charge in [0.15, 0.2) is 0 Å². The molecule has 0 bridgehead atoms. The molecule has 0 radical (unpaired) electrons. The van der Waals surface area contributed by atoms with Gasteiger partial charge in [-0.1, -0.05) is 18.2 Å². The van der Waals surface area contributed by atoms with E-state index in [4.69, 9.17) is 9.47 Å². The van der Waals surface area contributed by atoms with Crippen molar-refractivity contribution in [1.29, 1.82) is 0 Å². The lowest BCUT2D eigenvalue weighted by molar-refractivity contribution is -0.384. The van der Waals surface area contributed by atoms with Crippen molar-refractivity contribution in [2.45, 2.75) is 6.92 Å². The highest BCUT2D eigenvalue weighted by atomic mass is 16.6. The number of ether oxygens (including phenoxy) is 2. The molecule has 0 aliphatic carbocycles. The maximum absolute atomic E-state index is 12.5. The first-order valence-corrected chi connectivity index (χ1v) is 8.62. The number of amides is 1. The summed E-state index contributed by atoms with van der Waals surface area (Å²) >= 11 is 0. The van der Waals surface area contributed by atoms with Crippen LogP contribution >= 0.6 is 0 Å². The molecule has 0 saturated heterocycles. The van der Waals surface area contributed by atoms with Crippen LogP contribution < -0.4 is 14.8 Å². The van der Waals surface area contributed by atoms with Gasteiger partial charge in [0, 0.05) is 5.56 Å². The largest absolute Gasteiger partial charge is 0.494 e. The average Bonchev–Trinajstić information content (AvgIpc) is 2.70. The molecule has 3 aromatic rings. The Labute approximate surface area is 161 Å². The van der Waals surface area contributed by atoms with Gasteiger partial charge in [0.1, 0.15) is 22.9 Å². The molecular formula is C21H18N2O5. The summed E-state index contributed by atoms with van der Waals surface area (Å²) in [6.07, 6.45) is 0. The number of nitro benzene ring substituents is 1. The standard InChI is InChI=1S/C21H18N2O5/c1-2-27-18-12-13-19(20(14-18)23(25)26)22-21(24)15-8-10-17(11-9-15)28-16-6-4-3-5-7-16/h3-14H,2H2,1H3,(H,22,24). The summed E-state index contributed by atoms with van der Waals surface area (Å²) in [5.74, 6) is 1.17. The van der Waals surface area contributed by atoms with Gasteiger partial charge < -0.3 is 14.8 Å². The zero-order chi connectivity index (χ0) is 19.9. The molecule has 0 saturated carbocycles. The van der Waals surface area contributed by atoms with Crippen molar-refractivity contribution in [2.24, 2.45) is 0 Å². The van der Waals surface area contributed by atoms with E-state index in [2.05, 4.69) is 5.32 Å². The number of carbonyl (C=O) groups excluding carboxylic acids is 1. The predicted molar refractivity (Wildman–Crippen MR) is 105 cm³/mol. The van der Waals surface area contributed by atoms with E-state index < -0.39 is 10.8 Å². The first-order chi connectivity index (χ1) is 13.6. The van der Waals surface area contributed by atoms with Gasteiger partial charge in [-0.3, -0.25) is 14.9 Å². The molecule has 28 heavy (non-hydrogen) atoms. The third-order valence-electron chi connectivity index (χ3n) is 3.82. The molecule has 142 valence electrons. The van der Waals surface area contributed by atoms with E-state index in [1.54, 1.807) is 37.3 Å². The van der Waals surface area contributed by atoms with Crippen LogP contribution in [0.2, 0.25) is 0 Å². The van der Waals surface area contributed by atoms with E-state index in [9.17, 15) is 14.9 Å². The van der Waals surface area contributed by atoms with Crippen LogP contribution in [0.3, 0.4) is 0 Å². The fourth-order valence-electron chi connectivity index (χ4n) is 2.52. The number of anilines is 1. The zero-order valence-corrected chi connectivity index (χ0v) is 15.1. The molecule has 0 fully saturated rings. The minimum Gasteiger partial charge on any atom is -0.494 e. The Morgan fingerprint density at radius 1 is 0.964 bits per heavy atom. The second-order valence-electron chi connectivity index (χ2n) is 5.76. The normalized spacial score (nSPS) is 10.2. The topological polar surface area (TPSA) is 90.7 Å². The van der Waals surface area contributed by atoms with E-state index in [0.717, 1.165) is 0 Å². The summed E-state index contributed by atoms with van der Waals surface area (Å²) in [6.45, 7) is 2.17. The number of nitro groups is 1. The highest BCUT2D eigenvalue weighted by Crippen LogP contribution is 2.30. The van der Waals surface area contributed by atoms with Gasteiger partial charge in [-0.15, -0.1) is 0 Å². The van der Waals surface area contributed by atoms with Crippen LogP contribution in [0.1, 0.15) is 17.3 Å². The lowest BCUT2D eigenvalue weighted by Crippen LogP contribution is -2.13. The van der Waals surface area contributed by atoms with E-state index in [1.165, 1.54) is 12.1 Å². The van der Waals surface area contributed by atoms with Gasteiger partial charge in [0.25, 0.3) is 11.6 Å². The molecule has 0 spiro atoms. The van der Waals surface area contributed by atoms with Gasteiger partial charge in [-0.05, 0) is 55.5 Å². The second-order valence-corrected chi connectivity index (χ2v) is 5.76. The van der Waals surface area contributed by atoms with Gasteiger partial charge in [0.05, 0.1) is 17.6 Å². The van der Waals surface area contributed by atoms with E-state index in [-0.39, 0.29) is 11.4 Å². The minimum absolute atomic E-state index is 0.100. The molecule has 1 N–H and O–H groups in total. The van der Waals surface area contributed by atoms with Crippen molar-refractivity contribution >= 4 is 17.3 Å². The Morgan fingerprint density at radius 3 is 2.25 bits per heavy atom. The van der Waals surface area contributed by atoms with Crippen LogP contribution in [0.5, 0.6) is 17.2 Å². The van der Waals surface area contributed by atoms with Crippen LogP contribution in [0, 0.1) is 10.1 Å². The molecule has 3 rings (SSSR count). The number of nitrogens with one attached hydrogen (secondary N) is 1. The third-order valence-corrected chi connectivity index (χ3v) is 3.82. The van der Waals surface area contributed by atoms with Crippen molar-refractivity contribution in [3.8, 4) is 17.2 Å². The maximum atomic E-state index is 12.5. The lowest BCUT2D eigenvalue weighted by atomic mass is 10.2. The number of rotatable bonds is 7. The molecule has 0 aliphatic heterocycles. The van der Waals surface area contributed by atoms with E-state index in [1.807, 2.05) is 30.3 Å². The molecule has 7 heteroatoms. The summed E-state index contributed by atoms with van der Waals surface area (Å²) in [5.41, 5.74) is 0.218. The molecule has 0 atom stereocenters. The molecule has 7 nitrogen and oxygen atoms in total. The first kappa shape index (κ1) is 18.9. The predicted octanol–water partition coefficient (Wildman–Crippen LogP) is 5.04. The smallest absolute Gasteiger partial charge is 0.296 e. The van der Waals surface area contributed by atoms with Crippen molar-refractivity contribution in [1.82, 2.24) is 0 Å². The molecule has 0 aromatic heterocycles. The van der Waals surface area contributed by atoms with Crippen LogP contribution in [-0.4, -0.2) is 17.4 Å². The molecular weight excluding hydrogens is 360 g/mol. The van der Waals surface area contributed by atoms with Crippen molar-refractivity contribution < 1.29 is 19.2 Å². The second kappa shape index (κ2) is 8.68. The monoisotopic (exact) mass is 378 g/mol. The number of carbonyl (C=O) groups is 1. The Balaban J connectivity index is 1.73. The van der Waals surface area contributed by atoms with Gasteiger partial charge in [0.2, 0.25) is 0 Å². The van der Waals surface area contributed by atoms with Gasteiger partial charge in [-0.2, -0.15) is 0 Å². The molecule has 0 aliphatic rings. The highest BCUT2D eigenvalue weighted by molar-refractivity contribution is 6.05. The lowest BCUT2D eigenvalue weighted by Gasteiger charge is -2.09. The number of nitrogens with zero attached hydrogens (tertiary/aromatic N) is 1. The number of hydrogen-bond acceptors (Lipinski definition) is 5. The molecule has 0 heterocycles. The Kier molecular flexibility index (Phi) is 5.86. The summed E-state index contributed by atoms with van der Waals surface area (Å²) in [5, 5.41) is 13.9. The van der Waals surface area contributed by atoms with Crippen LogP contribution in [0.15, 0.2) is 72.8 Å². The quantitative estimate of drug-likeness (QED) is 0.459. The Morgan fingerprint density at radius 2 is 1.61 bits per heavy atom. The van der Waals surface area contributed by atoms with Crippen LogP contribution in [-0.2, 0) is 0 Å². The summed E-state index contributed by atoms with van der Waals surface area (Å²) in [6, 6.07) is 20.1. The van der Waals surface area contributed by atoms with E-state index in [0.29, 0.717) is 29.4 Å². The van der Waals surface area contributed by atoms with Crippen molar-refractivity contribution in [2.75, 3.05) is 11.9 Å². The Hall–Kier alpha value is -3.87. The molecule has 0 unspecified atom stereocenters. The number of hydrogen-bond donors (Lipinski definition) is 1. The summed E-state index contributed by atoms with van der Waals surface area (Å²) < 4.78 is 11.0. The van der Waals surface area contributed by atoms with Gasteiger partial charge in [-0.25, -0.2) is 0 Å². The molecule has 3 aromatic carbocycles. The minimum atomic E-state index is -0.561. The van der Waals surface area contributed by atoms with Crippen LogP contribution in [0.25, 0.3) is 0 Å². The van der Waals surface area contributed by atoms with Gasteiger partial charge >= 0.3 is 0 Å². The highest BCUT2D eigenvalue weighted by Gasteiger charge is 2.18. The zero-order valence-electron chi connectivity index (χ0n) is 15.1. The SMILES string of the molecule is CCOc1ccc(NC(=O)c2ccc(Oc3ccccc3)cc2)c([N+](=O)[O-])c1.